The smallest absolute Gasteiger partial charge is 0.0555 e. The van der Waals surface area contributed by atoms with Crippen molar-refractivity contribution in [1.29, 1.82) is 0 Å². The van der Waals surface area contributed by atoms with E-state index in [1.54, 1.807) is 0 Å². The Morgan fingerprint density at radius 1 is 1.44 bits per heavy atom. The van der Waals surface area contributed by atoms with E-state index in [1.165, 1.54) is 24.1 Å². The number of pyridine rings is 1. The number of nitrogens with one attached hydrogen (secondary N) is 1. The lowest BCUT2D eigenvalue weighted by atomic mass is 10.1. The van der Waals surface area contributed by atoms with Crippen molar-refractivity contribution in [3.8, 4) is 0 Å². The fraction of sp³-hybridized carbons (Fsp3) is 0.615. The average Bonchev–Trinajstić information content (AvgIpc) is 2.54. The Labute approximate surface area is 97.9 Å². The van der Waals surface area contributed by atoms with E-state index in [9.17, 15) is 0 Å². The summed E-state index contributed by atoms with van der Waals surface area (Å²) in [4.78, 5) is 6.70. The summed E-state index contributed by atoms with van der Waals surface area (Å²) in [5.74, 6) is 0. The second kappa shape index (κ2) is 5.30. The van der Waals surface area contributed by atoms with Crippen LogP contribution in [-0.4, -0.2) is 30.7 Å². The zero-order valence-electron chi connectivity index (χ0n) is 10.2. The maximum atomic E-state index is 4.27. The first-order valence-electron chi connectivity index (χ1n) is 6.19. The highest BCUT2D eigenvalue weighted by atomic mass is 15.2. The second-order valence-electron chi connectivity index (χ2n) is 4.56. The van der Waals surface area contributed by atoms with Gasteiger partial charge in [-0.1, -0.05) is 6.92 Å². The van der Waals surface area contributed by atoms with Crippen molar-refractivity contribution in [2.45, 2.75) is 32.7 Å². The molecule has 1 saturated heterocycles. The molecule has 0 bridgehead atoms. The van der Waals surface area contributed by atoms with Crippen molar-refractivity contribution < 1.29 is 0 Å². The Kier molecular flexibility index (Phi) is 3.78. The summed E-state index contributed by atoms with van der Waals surface area (Å²) in [5, 5.41) is 3.58. The largest absolute Gasteiger partial charge is 0.369 e. The summed E-state index contributed by atoms with van der Waals surface area (Å²) in [5.41, 5.74) is 2.50. The van der Waals surface area contributed by atoms with Gasteiger partial charge in [-0.2, -0.15) is 0 Å². The molecule has 88 valence electrons. The van der Waals surface area contributed by atoms with E-state index in [-0.39, 0.29) is 0 Å². The molecule has 0 spiro atoms. The van der Waals surface area contributed by atoms with Gasteiger partial charge in [0.2, 0.25) is 0 Å². The van der Waals surface area contributed by atoms with Gasteiger partial charge < -0.3 is 10.2 Å². The van der Waals surface area contributed by atoms with E-state index < -0.39 is 0 Å². The van der Waals surface area contributed by atoms with Crippen LogP contribution in [0, 0.1) is 6.92 Å². The Morgan fingerprint density at radius 3 is 3.06 bits per heavy atom. The van der Waals surface area contributed by atoms with E-state index in [0.29, 0.717) is 6.04 Å². The molecule has 0 radical (unpaired) electrons. The molecule has 2 heterocycles. The van der Waals surface area contributed by atoms with Gasteiger partial charge in [0.1, 0.15) is 0 Å². The Balaban J connectivity index is 2.04. The minimum atomic E-state index is 0.683. The summed E-state index contributed by atoms with van der Waals surface area (Å²) in [6, 6.07) is 2.90. The lowest BCUT2D eigenvalue weighted by Crippen LogP contribution is -2.30. The zero-order chi connectivity index (χ0) is 11.4. The van der Waals surface area contributed by atoms with Crippen LogP contribution in [0.15, 0.2) is 18.5 Å². The molecule has 3 heteroatoms. The van der Waals surface area contributed by atoms with Crippen molar-refractivity contribution in [2.75, 3.05) is 24.5 Å². The topological polar surface area (TPSA) is 28.2 Å². The molecule has 1 fully saturated rings. The first kappa shape index (κ1) is 11.4. The molecule has 1 unspecified atom stereocenters. The number of aromatic nitrogens is 1. The molecule has 1 aromatic rings. The summed E-state index contributed by atoms with van der Waals surface area (Å²) >= 11 is 0. The van der Waals surface area contributed by atoms with Crippen LogP contribution in [0.5, 0.6) is 0 Å². The summed E-state index contributed by atoms with van der Waals surface area (Å²) in [6.07, 6.45) is 6.33. The van der Waals surface area contributed by atoms with Gasteiger partial charge in [0.25, 0.3) is 0 Å². The number of hydrogen-bond donors (Lipinski definition) is 1. The van der Waals surface area contributed by atoms with E-state index in [1.807, 2.05) is 12.4 Å². The summed E-state index contributed by atoms with van der Waals surface area (Å²) in [6.45, 7) is 7.65. The summed E-state index contributed by atoms with van der Waals surface area (Å²) in [7, 11) is 0. The van der Waals surface area contributed by atoms with Gasteiger partial charge in [-0.3, -0.25) is 4.98 Å². The number of rotatable bonds is 2. The van der Waals surface area contributed by atoms with Crippen LogP contribution in [0.3, 0.4) is 0 Å². The lowest BCUT2D eigenvalue weighted by molar-refractivity contribution is 0.510. The molecule has 3 nitrogen and oxygen atoms in total. The van der Waals surface area contributed by atoms with E-state index in [4.69, 9.17) is 0 Å². The van der Waals surface area contributed by atoms with Gasteiger partial charge >= 0.3 is 0 Å². The standard InChI is InChI=1S/C13H21N3/c1-3-12-4-6-16(7-5-15-12)13-8-11(2)9-14-10-13/h8-10,12,15H,3-7H2,1-2H3. The van der Waals surface area contributed by atoms with Crippen molar-refractivity contribution in [2.24, 2.45) is 0 Å². The van der Waals surface area contributed by atoms with Crippen LogP contribution < -0.4 is 10.2 Å². The van der Waals surface area contributed by atoms with E-state index in [0.717, 1.165) is 19.6 Å². The molecular formula is C13H21N3. The van der Waals surface area contributed by atoms with Crippen LogP contribution in [0.2, 0.25) is 0 Å². The van der Waals surface area contributed by atoms with Gasteiger partial charge in [-0.25, -0.2) is 0 Å². The SMILES string of the molecule is CCC1CCN(c2cncc(C)c2)CCN1. The predicted octanol–water partition coefficient (Wildman–Crippen LogP) is 1.97. The number of anilines is 1. The predicted molar refractivity (Wildman–Crippen MR) is 67.9 cm³/mol. The molecule has 0 saturated carbocycles. The molecule has 0 aromatic carbocycles. The van der Waals surface area contributed by atoms with Crippen LogP contribution in [0.25, 0.3) is 0 Å². The van der Waals surface area contributed by atoms with Crippen molar-refractivity contribution in [3.63, 3.8) is 0 Å². The maximum Gasteiger partial charge on any atom is 0.0555 e. The fourth-order valence-corrected chi connectivity index (χ4v) is 2.25. The average molecular weight is 219 g/mol. The lowest BCUT2D eigenvalue weighted by Gasteiger charge is -2.22. The third kappa shape index (κ3) is 2.73. The highest BCUT2D eigenvalue weighted by Gasteiger charge is 2.15. The van der Waals surface area contributed by atoms with Gasteiger partial charge in [0.15, 0.2) is 0 Å². The normalized spacial score (nSPS) is 21.9. The van der Waals surface area contributed by atoms with Crippen LogP contribution >= 0.6 is 0 Å². The van der Waals surface area contributed by atoms with Gasteiger partial charge in [0.05, 0.1) is 11.9 Å². The minimum Gasteiger partial charge on any atom is -0.369 e. The fourth-order valence-electron chi connectivity index (χ4n) is 2.25. The van der Waals surface area contributed by atoms with Crippen LogP contribution in [0.4, 0.5) is 5.69 Å². The van der Waals surface area contributed by atoms with E-state index >= 15 is 0 Å². The number of hydrogen-bond acceptors (Lipinski definition) is 3. The minimum absolute atomic E-state index is 0.683. The van der Waals surface area contributed by atoms with Crippen LogP contribution in [-0.2, 0) is 0 Å². The molecule has 2 rings (SSSR count). The molecule has 16 heavy (non-hydrogen) atoms. The van der Waals surface area contributed by atoms with Crippen molar-refractivity contribution in [1.82, 2.24) is 10.3 Å². The molecule has 1 aliphatic heterocycles. The Bertz CT molecular complexity index is 338. The van der Waals surface area contributed by atoms with Crippen LogP contribution in [0.1, 0.15) is 25.3 Å². The first-order chi connectivity index (χ1) is 7.79. The molecule has 1 aromatic heterocycles. The second-order valence-corrected chi connectivity index (χ2v) is 4.56. The highest BCUT2D eigenvalue weighted by Crippen LogP contribution is 2.16. The van der Waals surface area contributed by atoms with E-state index in [2.05, 4.69) is 35.1 Å². The molecular weight excluding hydrogens is 198 g/mol. The summed E-state index contributed by atoms with van der Waals surface area (Å²) < 4.78 is 0. The van der Waals surface area contributed by atoms with Crippen molar-refractivity contribution in [3.05, 3.63) is 24.0 Å². The van der Waals surface area contributed by atoms with Gasteiger partial charge in [0, 0.05) is 31.9 Å². The molecule has 0 amide bonds. The molecule has 0 aliphatic carbocycles. The van der Waals surface area contributed by atoms with Crippen molar-refractivity contribution >= 4 is 5.69 Å². The third-order valence-corrected chi connectivity index (χ3v) is 3.28. The third-order valence-electron chi connectivity index (χ3n) is 3.28. The maximum absolute atomic E-state index is 4.27. The first-order valence-corrected chi connectivity index (χ1v) is 6.19. The molecule has 1 atom stereocenters. The molecule has 1 aliphatic rings. The quantitative estimate of drug-likeness (QED) is 0.824. The number of aryl methyl sites for hydroxylation is 1. The molecule has 1 N–H and O–H groups in total. The van der Waals surface area contributed by atoms with Gasteiger partial charge in [-0.15, -0.1) is 0 Å². The van der Waals surface area contributed by atoms with Gasteiger partial charge in [-0.05, 0) is 31.4 Å². The Morgan fingerprint density at radius 2 is 2.31 bits per heavy atom. The zero-order valence-corrected chi connectivity index (χ0v) is 10.2. The highest BCUT2D eigenvalue weighted by molar-refractivity contribution is 5.46. The Hall–Kier alpha value is -1.09. The monoisotopic (exact) mass is 219 g/mol. The number of nitrogens with zero attached hydrogens (tertiary/aromatic N) is 2.